The van der Waals surface area contributed by atoms with Gasteiger partial charge < -0.3 is 14.9 Å². The second-order valence-corrected chi connectivity index (χ2v) is 2.79. The molecule has 0 aliphatic carbocycles. The summed E-state index contributed by atoms with van der Waals surface area (Å²) in [6, 6.07) is 1.58. The fourth-order valence-electron chi connectivity index (χ4n) is 1.14. The van der Waals surface area contributed by atoms with Gasteiger partial charge in [-0.3, -0.25) is 5.32 Å². The Balaban J connectivity index is 2.97. The Morgan fingerprint density at radius 3 is 2.93 bits per heavy atom. The molecule has 15 heavy (non-hydrogen) atoms. The van der Waals surface area contributed by atoms with Crippen LogP contribution in [0.4, 0.5) is 10.5 Å². The fourth-order valence-corrected chi connectivity index (χ4v) is 1.14. The van der Waals surface area contributed by atoms with Crippen molar-refractivity contribution in [3.05, 3.63) is 17.8 Å². The predicted octanol–water partition coefficient (Wildman–Crippen LogP) is 0.715. The van der Waals surface area contributed by atoms with Crippen molar-refractivity contribution >= 4 is 11.8 Å². The largest absolute Gasteiger partial charge is 0.481 e. The van der Waals surface area contributed by atoms with Gasteiger partial charge in [-0.05, 0) is 12.0 Å². The first kappa shape index (κ1) is 11.3. The zero-order chi connectivity index (χ0) is 11.3. The van der Waals surface area contributed by atoms with Gasteiger partial charge >= 0.3 is 6.09 Å². The number of anilines is 1. The Bertz CT molecular complexity index is 354. The Kier molecular flexibility index (Phi) is 3.87. The van der Waals surface area contributed by atoms with E-state index < -0.39 is 6.09 Å². The zero-order valence-corrected chi connectivity index (χ0v) is 8.23. The van der Waals surface area contributed by atoms with E-state index in [4.69, 9.17) is 14.9 Å². The van der Waals surface area contributed by atoms with E-state index in [1.165, 1.54) is 13.3 Å². The Labute approximate surface area is 86.5 Å². The van der Waals surface area contributed by atoms with Gasteiger partial charge in [0, 0.05) is 12.7 Å². The molecule has 0 fully saturated rings. The molecule has 0 saturated carbocycles. The van der Waals surface area contributed by atoms with Crippen LogP contribution in [0.3, 0.4) is 0 Å². The van der Waals surface area contributed by atoms with E-state index in [9.17, 15) is 4.79 Å². The Morgan fingerprint density at radius 2 is 2.40 bits per heavy atom. The molecular weight excluding hydrogens is 200 g/mol. The van der Waals surface area contributed by atoms with Crippen molar-refractivity contribution in [2.75, 3.05) is 19.0 Å². The molecule has 0 aliphatic heterocycles. The summed E-state index contributed by atoms with van der Waals surface area (Å²) in [5.41, 5.74) is 1.00. The second-order valence-electron chi connectivity index (χ2n) is 2.79. The SMILES string of the molecule is COc1cc(CCO)c(NC(=O)O)cn1. The topological polar surface area (TPSA) is 91.7 Å². The summed E-state index contributed by atoms with van der Waals surface area (Å²) in [6.07, 6.45) is 0.535. The molecule has 1 amide bonds. The molecule has 0 aliphatic rings. The normalized spacial score (nSPS) is 9.73. The maximum absolute atomic E-state index is 10.4. The molecule has 0 atom stereocenters. The summed E-state index contributed by atoms with van der Waals surface area (Å²) in [5.74, 6) is 0.384. The minimum absolute atomic E-state index is 0.0680. The van der Waals surface area contributed by atoms with Crippen molar-refractivity contribution < 1.29 is 19.7 Å². The number of nitrogens with zero attached hydrogens (tertiary/aromatic N) is 1. The molecule has 0 saturated heterocycles. The molecule has 82 valence electrons. The average Bonchev–Trinajstić information content (AvgIpc) is 2.20. The van der Waals surface area contributed by atoms with Gasteiger partial charge in [0.05, 0.1) is 19.0 Å². The molecule has 0 bridgehead atoms. The average molecular weight is 212 g/mol. The molecule has 0 spiro atoms. The number of aromatic nitrogens is 1. The maximum atomic E-state index is 10.4. The van der Waals surface area contributed by atoms with Crippen LogP contribution in [0.5, 0.6) is 5.88 Å². The molecule has 1 aromatic rings. The van der Waals surface area contributed by atoms with Crippen LogP contribution in [0.25, 0.3) is 0 Å². The molecule has 3 N–H and O–H groups in total. The molecule has 1 heterocycles. The number of carboxylic acid groups (broad SMARTS) is 1. The monoisotopic (exact) mass is 212 g/mol. The number of carbonyl (C=O) groups is 1. The predicted molar refractivity (Wildman–Crippen MR) is 53.2 cm³/mol. The van der Waals surface area contributed by atoms with E-state index in [0.717, 1.165) is 0 Å². The van der Waals surface area contributed by atoms with Crippen LogP contribution < -0.4 is 10.1 Å². The molecule has 6 nitrogen and oxygen atoms in total. The van der Waals surface area contributed by atoms with Crippen LogP contribution in [-0.4, -0.2) is 35.0 Å². The van der Waals surface area contributed by atoms with Gasteiger partial charge in [-0.2, -0.15) is 0 Å². The fraction of sp³-hybridized carbons (Fsp3) is 0.333. The lowest BCUT2D eigenvalue weighted by molar-refractivity contribution is 0.209. The van der Waals surface area contributed by atoms with Gasteiger partial charge in [-0.15, -0.1) is 0 Å². The van der Waals surface area contributed by atoms with E-state index in [1.54, 1.807) is 6.07 Å². The lowest BCUT2D eigenvalue weighted by Gasteiger charge is -2.08. The molecular formula is C9H12N2O4. The van der Waals surface area contributed by atoms with Gasteiger partial charge in [0.2, 0.25) is 5.88 Å². The van der Waals surface area contributed by atoms with E-state index in [1.807, 2.05) is 0 Å². The lowest BCUT2D eigenvalue weighted by Crippen LogP contribution is -2.10. The number of methoxy groups -OCH3 is 1. The molecule has 0 radical (unpaired) electrons. The van der Waals surface area contributed by atoms with Crippen molar-refractivity contribution in [1.82, 2.24) is 4.98 Å². The van der Waals surface area contributed by atoms with Crippen molar-refractivity contribution in [3.63, 3.8) is 0 Å². The standard InChI is InChI=1S/C9H12N2O4/c1-15-8-4-6(2-3-12)7(5-10-8)11-9(13)14/h4-5,11-12H,2-3H2,1H3,(H,13,14). The second kappa shape index (κ2) is 5.16. The molecule has 1 rings (SSSR count). The number of pyridine rings is 1. The summed E-state index contributed by atoms with van der Waals surface area (Å²) in [6.45, 7) is -0.0680. The van der Waals surface area contributed by atoms with E-state index in [0.29, 0.717) is 23.6 Å². The number of hydrogen-bond donors (Lipinski definition) is 3. The quantitative estimate of drug-likeness (QED) is 0.683. The van der Waals surface area contributed by atoms with Crippen LogP contribution in [0.15, 0.2) is 12.3 Å². The van der Waals surface area contributed by atoms with Crippen molar-refractivity contribution in [3.8, 4) is 5.88 Å². The number of nitrogens with one attached hydrogen (secondary N) is 1. The van der Waals surface area contributed by atoms with Gasteiger partial charge in [-0.25, -0.2) is 9.78 Å². The van der Waals surface area contributed by atoms with Gasteiger partial charge in [0.15, 0.2) is 0 Å². The molecule has 0 aromatic carbocycles. The number of rotatable bonds is 4. The van der Waals surface area contributed by atoms with Crippen LogP contribution >= 0.6 is 0 Å². The lowest BCUT2D eigenvalue weighted by atomic mass is 10.1. The van der Waals surface area contributed by atoms with Gasteiger partial charge in [0.1, 0.15) is 0 Å². The van der Waals surface area contributed by atoms with E-state index >= 15 is 0 Å². The number of aliphatic hydroxyl groups excluding tert-OH is 1. The number of amides is 1. The third-order valence-corrected chi connectivity index (χ3v) is 1.80. The first-order valence-corrected chi connectivity index (χ1v) is 4.31. The number of hydrogen-bond acceptors (Lipinski definition) is 4. The van der Waals surface area contributed by atoms with Crippen molar-refractivity contribution in [2.45, 2.75) is 6.42 Å². The summed E-state index contributed by atoms with van der Waals surface area (Å²) in [4.78, 5) is 14.3. The first-order valence-electron chi connectivity index (χ1n) is 4.31. The van der Waals surface area contributed by atoms with E-state index in [2.05, 4.69) is 10.3 Å². The van der Waals surface area contributed by atoms with Crippen LogP contribution in [0.1, 0.15) is 5.56 Å². The third-order valence-electron chi connectivity index (χ3n) is 1.80. The minimum Gasteiger partial charge on any atom is -0.481 e. The highest BCUT2D eigenvalue weighted by Crippen LogP contribution is 2.19. The minimum atomic E-state index is -1.17. The highest BCUT2D eigenvalue weighted by atomic mass is 16.5. The molecule has 0 unspecified atom stereocenters. The Hall–Kier alpha value is -1.82. The summed E-state index contributed by atoms with van der Waals surface area (Å²) in [5, 5.41) is 19.6. The first-order chi connectivity index (χ1) is 7.17. The van der Waals surface area contributed by atoms with Crippen LogP contribution in [0, 0.1) is 0 Å². The highest BCUT2D eigenvalue weighted by Gasteiger charge is 2.07. The van der Waals surface area contributed by atoms with E-state index in [-0.39, 0.29) is 6.61 Å². The van der Waals surface area contributed by atoms with Gasteiger partial charge in [0.25, 0.3) is 0 Å². The number of aliphatic hydroxyl groups is 1. The van der Waals surface area contributed by atoms with Crippen LogP contribution in [-0.2, 0) is 6.42 Å². The molecule has 1 aromatic heterocycles. The highest BCUT2D eigenvalue weighted by molar-refractivity contribution is 5.83. The Morgan fingerprint density at radius 1 is 1.67 bits per heavy atom. The van der Waals surface area contributed by atoms with Crippen molar-refractivity contribution in [2.24, 2.45) is 0 Å². The molecule has 6 heteroatoms. The number of ether oxygens (including phenoxy) is 1. The van der Waals surface area contributed by atoms with Crippen LogP contribution in [0.2, 0.25) is 0 Å². The zero-order valence-electron chi connectivity index (χ0n) is 8.23. The van der Waals surface area contributed by atoms with Gasteiger partial charge in [-0.1, -0.05) is 0 Å². The maximum Gasteiger partial charge on any atom is 0.409 e. The smallest absolute Gasteiger partial charge is 0.409 e. The summed E-state index contributed by atoms with van der Waals surface area (Å²) in [7, 11) is 1.47. The summed E-state index contributed by atoms with van der Waals surface area (Å²) >= 11 is 0. The summed E-state index contributed by atoms with van der Waals surface area (Å²) < 4.78 is 4.89. The van der Waals surface area contributed by atoms with Crippen molar-refractivity contribution in [1.29, 1.82) is 0 Å². The third kappa shape index (κ3) is 3.10.